The van der Waals surface area contributed by atoms with Gasteiger partial charge in [-0.2, -0.15) is 5.10 Å². The lowest BCUT2D eigenvalue weighted by Crippen LogP contribution is -2.44. The number of nitrogens with one attached hydrogen (secondary N) is 1. The maximum atomic E-state index is 4.41. The summed E-state index contributed by atoms with van der Waals surface area (Å²) in [6.45, 7) is 11.0. The monoisotopic (exact) mass is 408 g/mol. The van der Waals surface area contributed by atoms with E-state index in [1.165, 1.54) is 10.6 Å². The van der Waals surface area contributed by atoms with Gasteiger partial charge in [0.05, 0.1) is 11.6 Å². The maximum Gasteiger partial charge on any atom is 0.158 e. The van der Waals surface area contributed by atoms with Gasteiger partial charge in [0.25, 0.3) is 0 Å². The number of anilines is 2. The van der Waals surface area contributed by atoms with E-state index in [-0.39, 0.29) is 5.41 Å². The Morgan fingerprint density at radius 1 is 1.07 bits per heavy atom. The van der Waals surface area contributed by atoms with Gasteiger partial charge in [-0.1, -0.05) is 32.9 Å². The van der Waals surface area contributed by atoms with Gasteiger partial charge in [-0.15, -0.1) is 11.3 Å². The molecule has 0 amide bonds. The SMILES string of the molecule is CN1CCN(c2ccc(/C=N/Nc3ncnc4sc(C(C)(C)C)cc34)cc2)CC1. The van der Waals surface area contributed by atoms with Crippen LogP contribution in [0.4, 0.5) is 11.5 Å². The van der Waals surface area contributed by atoms with Crippen LogP contribution in [0.1, 0.15) is 31.2 Å². The fourth-order valence-corrected chi connectivity index (χ4v) is 4.37. The van der Waals surface area contributed by atoms with Gasteiger partial charge >= 0.3 is 0 Å². The highest BCUT2D eigenvalue weighted by atomic mass is 32.1. The van der Waals surface area contributed by atoms with E-state index < -0.39 is 0 Å². The second kappa shape index (κ2) is 8.08. The van der Waals surface area contributed by atoms with Crippen LogP contribution in [0.2, 0.25) is 0 Å². The minimum Gasteiger partial charge on any atom is -0.369 e. The average Bonchev–Trinajstić information content (AvgIpc) is 3.15. The lowest BCUT2D eigenvalue weighted by molar-refractivity contribution is 0.313. The first-order chi connectivity index (χ1) is 13.9. The molecular weight excluding hydrogens is 380 g/mol. The Hall–Kier alpha value is -2.51. The summed E-state index contributed by atoms with van der Waals surface area (Å²) in [5.74, 6) is 0.743. The average molecular weight is 409 g/mol. The Kier molecular flexibility index (Phi) is 5.52. The topological polar surface area (TPSA) is 56.6 Å². The van der Waals surface area contributed by atoms with Gasteiger partial charge in [-0.3, -0.25) is 5.43 Å². The van der Waals surface area contributed by atoms with Gasteiger partial charge < -0.3 is 9.80 Å². The number of hydrogen-bond acceptors (Lipinski definition) is 7. The number of nitrogens with zero attached hydrogens (tertiary/aromatic N) is 5. The fourth-order valence-electron chi connectivity index (χ4n) is 3.32. The molecule has 4 rings (SSSR count). The van der Waals surface area contributed by atoms with Crippen LogP contribution in [0.15, 0.2) is 41.8 Å². The largest absolute Gasteiger partial charge is 0.369 e. The number of hydrazone groups is 1. The quantitative estimate of drug-likeness (QED) is 0.518. The van der Waals surface area contributed by atoms with Crippen molar-refractivity contribution in [2.75, 3.05) is 43.6 Å². The van der Waals surface area contributed by atoms with E-state index in [4.69, 9.17) is 0 Å². The number of benzene rings is 1. The number of fused-ring (bicyclic) bond motifs is 1. The standard InChI is InChI=1S/C22H28N6S/c1-22(2,3)19-13-18-20(23-15-24-21(18)29-19)26-25-14-16-5-7-17(8-6-16)28-11-9-27(4)10-12-28/h5-8,13-15H,9-12H2,1-4H3,(H,23,24,26)/b25-14+. The first-order valence-electron chi connectivity index (χ1n) is 9.98. The Morgan fingerprint density at radius 3 is 2.48 bits per heavy atom. The number of thiophene rings is 1. The lowest BCUT2D eigenvalue weighted by atomic mass is 9.94. The van der Waals surface area contributed by atoms with Crippen molar-refractivity contribution in [3.63, 3.8) is 0 Å². The summed E-state index contributed by atoms with van der Waals surface area (Å²) in [4.78, 5) is 15.9. The van der Waals surface area contributed by atoms with Gasteiger partial charge in [0.1, 0.15) is 11.2 Å². The first kappa shape index (κ1) is 19.8. The zero-order chi connectivity index (χ0) is 20.4. The minimum absolute atomic E-state index is 0.0947. The number of rotatable bonds is 4. The Labute approximate surface area is 176 Å². The Balaban J connectivity index is 1.44. The molecule has 2 aromatic heterocycles. The van der Waals surface area contributed by atoms with Crippen molar-refractivity contribution in [1.82, 2.24) is 14.9 Å². The van der Waals surface area contributed by atoms with Crippen molar-refractivity contribution in [1.29, 1.82) is 0 Å². The van der Waals surface area contributed by atoms with Gasteiger partial charge in [0.2, 0.25) is 0 Å². The second-order valence-corrected chi connectivity index (χ2v) is 9.58. The van der Waals surface area contributed by atoms with Crippen LogP contribution in [0.25, 0.3) is 10.2 Å². The van der Waals surface area contributed by atoms with Crippen LogP contribution in [0, 0.1) is 0 Å². The zero-order valence-electron chi connectivity index (χ0n) is 17.5. The van der Waals surface area contributed by atoms with Crippen molar-refractivity contribution < 1.29 is 0 Å². The molecule has 0 atom stereocenters. The summed E-state index contributed by atoms with van der Waals surface area (Å²) >= 11 is 1.71. The van der Waals surface area contributed by atoms with Crippen molar-refractivity contribution in [3.05, 3.63) is 47.1 Å². The molecule has 1 N–H and O–H groups in total. The molecule has 0 radical (unpaired) electrons. The maximum absolute atomic E-state index is 4.41. The lowest BCUT2D eigenvalue weighted by Gasteiger charge is -2.34. The third-order valence-electron chi connectivity index (χ3n) is 5.21. The minimum atomic E-state index is 0.0947. The van der Waals surface area contributed by atoms with E-state index in [0.717, 1.165) is 47.8 Å². The Morgan fingerprint density at radius 2 is 1.79 bits per heavy atom. The molecule has 152 valence electrons. The van der Waals surface area contributed by atoms with E-state index in [1.54, 1.807) is 17.7 Å². The number of piperazine rings is 1. The third kappa shape index (κ3) is 4.57. The first-order valence-corrected chi connectivity index (χ1v) is 10.8. The van der Waals surface area contributed by atoms with Crippen LogP contribution in [0.3, 0.4) is 0 Å². The molecule has 1 fully saturated rings. The van der Waals surface area contributed by atoms with Crippen molar-refractivity contribution in [3.8, 4) is 0 Å². The van der Waals surface area contributed by atoms with E-state index >= 15 is 0 Å². The second-order valence-electron chi connectivity index (χ2n) is 8.55. The summed E-state index contributed by atoms with van der Waals surface area (Å²) in [5, 5.41) is 5.42. The molecule has 1 aliphatic rings. The van der Waals surface area contributed by atoms with Gasteiger partial charge in [-0.05, 0) is 36.2 Å². The predicted molar refractivity (Wildman–Crippen MR) is 123 cm³/mol. The Bertz CT molecular complexity index is 994. The molecule has 0 spiro atoms. The molecule has 6 nitrogen and oxygen atoms in total. The molecule has 0 aliphatic carbocycles. The number of hydrogen-bond donors (Lipinski definition) is 1. The highest BCUT2D eigenvalue weighted by molar-refractivity contribution is 7.18. The highest BCUT2D eigenvalue weighted by Gasteiger charge is 2.19. The van der Waals surface area contributed by atoms with Crippen LogP contribution in [-0.4, -0.2) is 54.3 Å². The molecule has 7 heteroatoms. The fraction of sp³-hybridized carbons (Fsp3) is 0.409. The van der Waals surface area contributed by atoms with E-state index in [9.17, 15) is 0 Å². The summed E-state index contributed by atoms with van der Waals surface area (Å²) in [5.41, 5.74) is 5.52. The van der Waals surface area contributed by atoms with Crippen LogP contribution in [0.5, 0.6) is 0 Å². The van der Waals surface area contributed by atoms with Crippen LogP contribution < -0.4 is 10.3 Å². The normalized spacial score (nSPS) is 16.1. The van der Waals surface area contributed by atoms with E-state index in [2.05, 4.69) is 88.4 Å². The molecule has 3 heterocycles. The molecule has 29 heavy (non-hydrogen) atoms. The predicted octanol–water partition coefficient (Wildman–Crippen LogP) is 4.19. The summed E-state index contributed by atoms with van der Waals surface area (Å²) in [6, 6.07) is 10.7. The summed E-state index contributed by atoms with van der Waals surface area (Å²) in [7, 11) is 2.18. The van der Waals surface area contributed by atoms with E-state index in [1.807, 2.05) is 6.21 Å². The molecular formula is C22H28N6S. The third-order valence-corrected chi connectivity index (χ3v) is 6.68. The molecule has 1 saturated heterocycles. The molecule has 0 unspecified atom stereocenters. The molecule has 1 aliphatic heterocycles. The summed E-state index contributed by atoms with van der Waals surface area (Å²) in [6.07, 6.45) is 3.42. The van der Waals surface area contributed by atoms with E-state index in [0.29, 0.717) is 0 Å². The van der Waals surface area contributed by atoms with Crippen LogP contribution in [-0.2, 0) is 5.41 Å². The van der Waals surface area contributed by atoms with Gasteiger partial charge in [0.15, 0.2) is 5.82 Å². The zero-order valence-corrected chi connectivity index (χ0v) is 18.3. The highest BCUT2D eigenvalue weighted by Crippen LogP contribution is 2.35. The van der Waals surface area contributed by atoms with Crippen LogP contribution >= 0.6 is 11.3 Å². The van der Waals surface area contributed by atoms with Gasteiger partial charge in [0, 0.05) is 36.7 Å². The molecule has 0 bridgehead atoms. The molecule has 1 aromatic carbocycles. The number of likely N-dealkylation sites (N-methyl/N-ethyl adjacent to an activating group) is 1. The van der Waals surface area contributed by atoms with Crippen molar-refractivity contribution >= 4 is 39.3 Å². The molecule has 0 saturated carbocycles. The van der Waals surface area contributed by atoms with Crippen molar-refractivity contribution in [2.24, 2.45) is 5.10 Å². The summed E-state index contributed by atoms with van der Waals surface area (Å²) < 4.78 is 0. The number of aromatic nitrogens is 2. The van der Waals surface area contributed by atoms with Gasteiger partial charge in [-0.25, -0.2) is 9.97 Å². The van der Waals surface area contributed by atoms with Crippen molar-refractivity contribution in [2.45, 2.75) is 26.2 Å². The molecule has 3 aromatic rings. The smallest absolute Gasteiger partial charge is 0.158 e.